The minimum atomic E-state index is 0.549. The summed E-state index contributed by atoms with van der Waals surface area (Å²) in [6.45, 7) is 8.86. The van der Waals surface area contributed by atoms with E-state index in [1.165, 1.54) is 37.1 Å². The van der Waals surface area contributed by atoms with Crippen LogP contribution in [0.2, 0.25) is 0 Å². The number of hydrogen-bond donors (Lipinski definition) is 1. The highest BCUT2D eigenvalue weighted by Gasteiger charge is 2.22. The van der Waals surface area contributed by atoms with Crippen LogP contribution in [0, 0.1) is 0 Å². The maximum Gasteiger partial charge on any atom is 0.0368 e. The van der Waals surface area contributed by atoms with E-state index in [0.717, 1.165) is 12.6 Å². The Labute approximate surface area is 111 Å². The molecule has 1 aromatic rings. The lowest BCUT2D eigenvalue weighted by molar-refractivity contribution is 0.588. The zero-order valence-electron chi connectivity index (χ0n) is 11.9. The molecule has 0 bridgehead atoms. The maximum absolute atomic E-state index is 3.46. The molecule has 1 unspecified atom stereocenters. The van der Waals surface area contributed by atoms with Gasteiger partial charge in [0, 0.05) is 30.9 Å². The van der Waals surface area contributed by atoms with Gasteiger partial charge in [0.05, 0.1) is 0 Å². The summed E-state index contributed by atoms with van der Waals surface area (Å²) >= 11 is 0. The summed E-state index contributed by atoms with van der Waals surface area (Å²) in [4.78, 5) is 2.57. The number of nitrogens with zero attached hydrogens (tertiary/aromatic N) is 1. The molecular weight excluding hydrogens is 220 g/mol. The topological polar surface area (TPSA) is 15.3 Å². The average Bonchev–Trinajstić information content (AvgIpc) is 2.85. The van der Waals surface area contributed by atoms with Crippen molar-refractivity contribution in [2.45, 2.75) is 58.7 Å². The van der Waals surface area contributed by atoms with Crippen molar-refractivity contribution < 1.29 is 0 Å². The van der Waals surface area contributed by atoms with E-state index in [2.05, 4.69) is 55.3 Å². The second kappa shape index (κ2) is 6.24. The Bertz CT molecular complexity index is 356. The van der Waals surface area contributed by atoms with Gasteiger partial charge in [-0.1, -0.05) is 32.9 Å². The molecule has 0 aromatic heterocycles. The molecule has 0 saturated carbocycles. The van der Waals surface area contributed by atoms with Crippen LogP contribution in [0.1, 0.15) is 45.6 Å². The van der Waals surface area contributed by atoms with Gasteiger partial charge < -0.3 is 10.2 Å². The molecule has 1 aromatic carbocycles. The van der Waals surface area contributed by atoms with Crippen molar-refractivity contribution in [3.63, 3.8) is 0 Å². The van der Waals surface area contributed by atoms with Crippen LogP contribution >= 0.6 is 0 Å². The highest BCUT2D eigenvalue weighted by atomic mass is 15.2. The van der Waals surface area contributed by atoms with Crippen molar-refractivity contribution >= 4 is 5.69 Å². The second-order valence-corrected chi connectivity index (χ2v) is 5.60. The van der Waals surface area contributed by atoms with Crippen LogP contribution in [0.4, 0.5) is 5.69 Å². The molecule has 1 heterocycles. The number of rotatable bonds is 5. The van der Waals surface area contributed by atoms with Crippen molar-refractivity contribution in [1.82, 2.24) is 5.32 Å². The molecule has 1 aliphatic rings. The molecular formula is C16H26N2. The SMILES string of the molecule is CCC1CCCN1c1ccc(CNC(C)C)cc1. The van der Waals surface area contributed by atoms with E-state index < -0.39 is 0 Å². The van der Waals surface area contributed by atoms with E-state index in [4.69, 9.17) is 0 Å². The third-order valence-electron chi connectivity index (χ3n) is 3.83. The van der Waals surface area contributed by atoms with E-state index in [1.807, 2.05) is 0 Å². The van der Waals surface area contributed by atoms with Gasteiger partial charge in [-0.2, -0.15) is 0 Å². The van der Waals surface area contributed by atoms with Crippen LogP contribution < -0.4 is 10.2 Å². The summed E-state index contributed by atoms with van der Waals surface area (Å²) < 4.78 is 0. The number of benzene rings is 1. The maximum atomic E-state index is 3.46. The van der Waals surface area contributed by atoms with Gasteiger partial charge in [-0.05, 0) is 37.0 Å². The Balaban J connectivity index is 1.98. The van der Waals surface area contributed by atoms with Gasteiger partial charge in [-0.3, -0.25) is 0 Å². The van der Waals surface area contributed by atoms with Gasteiger partial charge in [0.1, 0.15) is 0 Å². The molecule has 1 saturated heterocycles. The van der Waals surface area contributed by atoms with E-state index in [1.54, 1.807) is 0 Å². The highest BCUT2D eigenvalue weighted by Crippen LogP contribution is 2.27. The van der Waals surface area contributed by atoms with Crippen LogP contribution in [-0.4, -0.2) is 18.6 Å². The summed E-state index contributed by atoms with van der Waals surface area (Å²) in [5.74, 6) is 0. The van der Waals surface area contributed by atoms with Crippen LogP contribution in [0.3, 0.4) is 0 Å². The molecule has 0 aliphatic carbocycles. The molecule has 1 N–H and O–H groups in total. The van der Waals surface area contributed by atoms with Crippen LogP contribution in [0.25, 0.3) is 0 Å². The minimum absolute atomic E-state index is 0.549. The Kier molecular flexibility index (Phi) is 4.65. The lowest BCUT2D eigenvalue weighted by atomic mass is 10.1. The van der Waals surface area contributed by atoms with Crippen molar-refractivity contribution in [2.75, 3.05) is 11.4 Å². The predicted octanol–water partition coefficient (Wildman–Crippen LogP) is 3.56. The Morgan fingerprint density at radius 2 is 2.00 bits per heavy atom. The Morgan fingerprint density at radius 1 is 1.28 bits per heavy atom. The zero-order valence-corrected chi connectivity index (χ0v) is 11.9. The van der Waals surface area contributed by atoms with Crippen LogP contribution in [-0.2, 0) is 6.54 Å². The van der Waals surface area contributed by atoms with Crippen molar-refractivity contribution in [2.24, 2.45) is 0 Å². The van der Waals surface area contributed by atoms with Crippen molar-refractivity contribution in [3.05, 3.63) is 29.8 Å². The first-order chi connectivity index (χ1) is 8.70. The van der Waals surface area contributed by atoms with Crippen molar-refractivity contribution in [1.29, 1.82) is 0 Å². The third kappa shape index (κ3) is 3.26. The first-order valence-electron chi connectivity index (χ1n) is 7.29. The molecule has 1 aliphatic heterocycles. The first-order valence-corrected chi connectivity index (χ1v) is 7.29. The summed E-state index contributed by atoms with van der Waals surface area (Å²) in [5, 5.41) is 3.46. The standard InChI is InChI=1S/C16H26N2/c1-4-15-6-5-11-18(15)16-9-7-14(8-10-16)12-17-13(2)3/h7-10,13,15,17H,4-6,11-12H2,1-3H3. The zero-order chi connectivity index (χ0) is 13.0. The van der Waals surface area contributed by atoms with Gasteiger partial charge >= 0.3 is 0 Å². The fraction of sp³-hybridized carbons (Fsp3) is 0.625. The predicted molar refractivity (Wildman–Crippen MR) is 79.1 cm³/mol. The number of hydrogen-bond acceptors (Lipinski definition) is 2. The lowest BCUT2D eigenvalue weighted by Crippen LogP contribution is -2.28. The molecule has 2 rings (SSSR count). The molecule has 100 valence electrons. The third-order valence-corrected chi connectivity index (χ3v) is 3.83. The van der Waals surface area contributed by atoms with E-state index in [9.17, 15) is 0 Å². The summed E-state index contributed by atoms with van der Waals surface area (Å²) in [6, 6.07) is 10.4. The largest absolute Gasteiger partial charge is 0.369 e. The van der Waals surface area contributed by atoms with E-state index in [0.29, 0.717) is 6.04 Å². The molecule has 0 amide bonds. The van der Waals surface area contributed by atoms with E-state index >= 15 is 0 Å². The molecule has 2 heteroatoms. The number of nitrogens with one attached hydrogen (secondary N) is 1. The van der Waals surface area contributed by atoms with Gasteiger partial charge in [0.25, 0.3) is 0 Å². The fourth-order valence-electron chi connectivity index (χ4n) is 2.73. The van der Waals surface area contributed by atoms with E-state index in [-0.39, 0.29) is 0 Å². The lowest BCUT2D eigenvalue weighted by Gasteiger charge is -2.26. The van der Waals surface area contributed by atoms with Gasteiger partial charge in [0.2, 0.25) is 0 Å². The molecule has 1 fully saturated rings. The normalized spacial score (nSPS) is 19.8. The van der Waals surface area contributed by atoms with Crippen LogP contribution in [0.15, 0.2) is 24.3 Å². The van der Waals surface area contributed by atoms with Gasteiger partial charge in [-0.25, -0.2) is 0 Å². The minimum Gasteiger partial charge on any atom is -0.369 e. The van der Waals surface area contributed by atoms with Gasteiger partial charge in [0.15, 0.2) is 0 Å². The molecule has 18 heavy (non-hydrogen) atoms. The van der Waals surface area contributed by atoms with Crippen LogP contribution in [0.5, 0.6) is 0 Å². The fourth-order valence-corrected chi connectivity index (χ4v) is 2.73. The first kappa shape index (κ1) is 13.4. The quantitative estimate of drug-likeness (QED) is 0.854. The highest BCUT2D eigenvalue weighted by molar-refractivity contribution is 5.49. The smallest absolute Gasteiger partial charge is 0.0368 e. The Morgan fingerprint density at radius 3 is 2.61 bits per heavy atom. The molecule has 0 radical (unpaired) electrons. The molecule has 0 spiro atoms. The summed E-state index contributed by atoms with van der Waals surface area (Å²) in [5.41, 5.74) is 2.77. The summed E-state index contributed by atoms with van der Waals surface area (Å²) in [7, 11) is 0. The van der Waals surface area contributed by atoms with Gasteiger partial charge in [-0.15, -0.1) is 0 Å². The summed E-state index contributed by atoms with van der Waals surface area (Å²) in [6.07, 6.45) is 3.96. The monoisotopic (exact) mass is 246 g/mol. The van der Waals surface area contributed by atoms with Crippen molar-refractivity contribution in [3.8, 4) is 0 Å². The Hall–Kier alpha value is -1.02. The molecule has 2 nitrogen and oxygen atoms in total. The second-order valence-electron chi connectivity index (χ2n) is 5.60. The number of anilines is 1. The molecule has 1 atom stereocenters. The average molecular weight is 246 g/mol.